The minimum atomic E-state index is -5.75. The molecule has 0 aromatic heterocycles. The van der Waals surface area contributed by atoms with Gasteiger partial charge in [-0.1, -0.05) is 0 Å². The molecule has 1 aromatic rings. The highest BCUT2D eigenvalue weighted by Gasteiger charge is 2.60. The van der Waals surface area contributed by atoms with Crippen molar-refractivity contribution in [3.8, 4) is 5.75 Å². The predicted molar refractivity (Wildman–Crippen MR) is 74.0 cm³/mol. The Hall–Kier alpha value is -2.20. The molecule has 11 heteroatoms. The zero-order valence-corrected chi connectivity index (χ0v) is 13.1. The van der Waals surface area contributed by atoms with Gasteiger partial charge in [-0.05, 0) is 24.3 Å². The van der Waals surface area contributed by atoms with Crippen LogP contribution >= 0.6 is 0 Å². The number of piperidine rings is 1. The van der Waals surface area contributed by atoms with Crippen molar-refractivity contribution in [3.63, 3.8) is 0 Å². The molecule has 1 amide bonds. The highest BCUT2D eigenvalue weighted by atomic mass is 19.4. The van der Waals surface area contributed by atoms with Crippen LogP contribution in [-0.4, -0.2) is 48.6 Å². The van der Waals surface area contributed by atoms with Gasteiger partial charge < -0.3 is 14.4 Å². The molecule has 26 heavy (non-hydrogen) atoms. The van der Waals surface area contributed by atoms with E-state index in [9.17, 15) is 35.5 Å². The monoisotopic (exact) mass is 389 g/mol. The number of carbonyl (C=O) groups excluding carboxylic acids is 1. The second kappa shape index (κ2) is 7.58. The molecule has 1 aliphatic rings. The first-order valence-corrected chi connectivity index (χ1v) is 7.48. The maximum atomic E-state index is 12.8. The maximum Gasteiger partial charge on any atom is 0.434 e. The third-order valence-electron chi connectivity index (χ3n) is 3.63. The molecule has 0 spiro atoms. The Labute approximate surface area is 143 Å². The third-order valence-corrected chi connectivity index (χ3v) is 3.63. The maximum absolute atomic E-state index is 12.8. The van der Waals surface area contributed by atoms with E-state index in [1.807, 2.05) is 0 Å². The summed E-state index contributed by atoms with van der Waals surface area (Å²) in [5.41, 5.74) is 0. The molecule has 2 rings (SSSR count). The second-order valence-electron chi connectivity index (χ2n) is 5.61. The number of rotatable bonds is 3. The van der Waals surface area contributed by atoms with E-state index in [-0.39, 0.29) is 25.9 Å². The van der Waals surface area contributed by atoms with Gasteiger partial charge in [0, 0.05) is 25.9 Å². The van der Waals surface area contributed by atoms with Gasteiger partial charge in [-0.25, -0.2) is 9.18 Å². The second-order valence-corrected chi connectivity index (χ2v) is 5.61. The molecule has 1 aliphatic heterocycles. The Morgan fingerprint density at radius 3 is 1.96 bits per heavy atom. The zero-order chi connectivity index (χ0) is 19.5. The zero-order valence-electron chi connectivity index (χ0n) is 13.1. The topological polar surface area (TPSA) is 38.8 Å². The fourth-order valence-electron chi connectivity index (χ4n) is 2.36. The normalized spacial score (nSPS) is 16.7. The Kier molecular flexibility index (Phi) is 5.87. The molecular weight excluding hydrogens is 375 g/mol. The SMILES string of the molecule is O=C(OC(C(F)(F)F)C(F)(F)F)N1CCC(Oc2ccc(F)cc2)CC1. The number of carbonyl (C=O) groups is 1. The number of likely N-dealkylation sites (tertiary alicyclic amines) is 1. The van der Waals surface area contributed by atoms with Crippen LogP contribution in [0.3, 0.4) is 0 Å². The molecule has 1 heterocycles. The standard InChI is InChI=1S/C15H14F7NO3/c16-9-1-3-10(4-2-9)25-11-5-7-23(8-6-11)13(24)26-12(14(17,18)19)15(20,21)22/h1-4,11-12H,5-8H2. The van der Waals surface area contributed by atoms with Gasteiger partial charge in [-0.2, -0.15) is 26.3 Å². The van der Waals surface area contributed by atoms with Crippen LogP contribution in [0.2, 0.25) is 0 Å². The van der Waals surface area contributed by atoms with E-state index >= 15 is 0 Å². The summed E-state index contributed by atoms with van der Waals surface area (Å²) in [5.74, 6) is -0.0968. The van der Waals surface area contributed by atoms with Crippen LogP contribution in [0.5, 0.6) is 5.75 Å². The Morgan fingerprint density at radius 2 is 1.50 bits per heavy atom. The fraction of sp³-hybridized carbons (Fsp3) is 0.533. The number of alkyl halides is 6. The van der Waals surface area contributed by atoms with Crippen LogP contribution in [0, 0.1) is 5.82 Å². The third kappa shape index (κ3) is 5.40. The molecule has 146 valence electrons. The van der Waals surface area contributed by atoms with Gasteiger partial charge in [0.2, 0.25) is 0 Å². The lowest BCUT2D eigenvalue weighted by Crippen LogP contribution is -2.50. The molecule has 1 aromatic carbocycles. The summed E-state index contributed by atoms with van der Waals surface area (Å²) < 4.78 is 96.4. The van der Waals surface area contributed by atoms with Gasteiger partial charge in [0.15, 0.2) is 0 Å². The molecule has 1 fully saturated rings. The average molecular weight is 389 g/mol. The molecule has 0 saturated carbocycles. The van der Waals surface area contributed by atoms with Crippen LogP contribution in [0.4, 0.5) is 35.5 Å². The molecular formula is C15H14F7NO3. The first-order valence-electron chi connectivity index (χ1n) is 7.48. The molecule has 0 radical (unpaired) electrons. The average Bonchev–Trinajstić information content (AvgIpc) is 2.53. The summed E-state index contributed by atoms with van der Waals surface area (Å²) in [6.45, 7) is -0.264. The smallest absolute Gasteiger partial charge is 0.434 e. The number of halogens is 7. The van der Waals surface area contributed by atoms with Crippen molar-refractivity contribution in [2.24, 2.45) is 0 Å². The number of amides is 1. The Morgan fingerprint density at radius 1 is 1.00 bits per heavy atom. The van der Waals surface area contributed by atoms with Crippen molar-refractivity contribution in [1.82, 2.24) is 4.90 Å². The number of benzene rings is 1. The summed E-state index contributed by atoms with van der Waals surface area (Å²) in [7, 11) is 0. The van der Waals surface area contributed by atoms with Crippen LogP contribution in [0.25, 0.3) is 0 Å². The number of nitrogens with zero attached hydrogens (tertiary/aromatic N) is 1. The molecule has 0 N–H and O–H groups in total. The van der Waals surface area contributed by atoms with E-state index in [4.69, 9.17) is 4.74 Å². The van der Waals surface area contributed by atoms with Crippen LogP contribution in [0.1, 0.15) is 12.8 Å². The molecule has 0 unspecified atom stereocenters. The molecule has 0 aliphatic carbocycles. The quantitative estimate of drug-likeness (QED) is 0.724. The van der Waals surface area contributed by atoms with E-state index < -0.39 is 36.5 Å². The van der Waals surface area contributed by atoms with E-state index in [0.717, 1.165) is 4.90 Å². The van der Waals surface area contributed by atoms with Crippen molar-refractivity contribution < 1.29 is 45.0 Å². The van der Waals surface area contributed by atoms with E-state index in [0.29, 0.717) is 5.75 Å². The summed E-state index contributed by atoms with van der Waals surface area (Å²) in [6, 6.07) is 5.12. The molecule has 0 atom stereocenters. The van der Waals surface area contributed by atoms with Crippen molar-refractivity contribution in [2.75, 3.05) is 13.1 Å². The van der Waals surface area contributed by atoms with E-state index in [1.54, 1.807) is 0 Å². The fourth-order valence-corrected chi connectivity index (χ4v) is 2.36. The molecule has 4 nitrogen and oxygen atoms in total. The van der Waals surface area contributed by atoms with Crippen molar-refractivity contribution >= 4 is 6.09 Å². The lowest BCUT2D eigenvalue weighted by molar-refractivity contribution is -0.308. The van der Waals surface area contributed by atoms with Crippen LogP contribution in [0.15, 0.2) is 24.3 Å². The van der Waals surface area contributed by atoms with E-state index in [2.05, 4.69) is 4.74 Å². The first-order chi connectivity index (χ1) is 12.0. The largest absolute Gasteiger partial charge is 0.490 e. The van der Waals surface area contributed by atoms with Gasteiger partial charge in [-0.15, -0.1) is 0 Å². The van der Waals surface area contributed by atoms with Crippen LogP contribution in [-0.2, 0) is 4.74 Å². The van der Waals surface area contributed by atoms with Crippen LogP contribution < -0.4 is 4.74 Å². The highest BCUT2D eigenvalue weighted by Crippen LogP contribution is 2.36. The lowest BCUT2D eigenvalue weighted by atomic mass is 10.1. The predicted octanol–water partition coefficient (Wildman–Crippen LogP) is 4.30. The summed E-state index contributed by atoms with van der Waals surface area (Å²) in [5, 5.41) is 0. The van der Waals surface area contributed by atoms with Gasteiger partial charge >= 0.3 is 18.4 Å². The lowest BCUT2D eigenvalue weighted by Gasteiger charge is -2.33. The number of ether oxygens (including phenoxy) is 2. The number of hydrogen-bond donors (Lipinski definition) is 0. The first kappa shape index (κ1) is 20.1. The summed E-state index contributed by atoms with van der Waals surface area (Å²) in [6.07, 6.45) is -17.4. The Bertz CT molecular complexity index is 593. The van der Waals surface area contributed by atoms with E-state index in [1.165, 1.54) is 24.3 Å². The van der Waals surface area contributed by atoms with Gasteiger partial charge in [0.05, 0.1) is 0 Å². The molecule has 1 saturated heterocycles. The van der Waals surface area contributed by atoms with Crippen molar-refractivity contribution in [3.05, 3.63) is 30.1 Å². The van der Waals surface area contributed by atoms with Gasteiger partial charge in [0.1, 0.15) is 17.7 Å². The van der Waals surface area contributed by atoms with Crippen molar-refractivity contribution in [1.29, 1.82) is 0 Å². The van der Waals surface area contributed by atoms with Gasteiger partial charge in [-0.3, -0.25) is 0 Å². The summed E-state index contributed by atoms with van der Waals surface area (Å²) >= 11 is 0. The minimum Gasteiger partial charge on any atom is -0.490 e. The Balaban J connectivity index is 1.88. The minimum absolute atomic E-state index is 0.132. The molecule has 0 bridgehead atoms. The van der Waals surface area contributed by atoms with Crippen molar-refractivity contribution in [2.45, 2.75) is 37.4 Å². The van der Waals surface area contributed by atoms with Gasteiger partial charge in [0.25, 0.3) is 6.10 Å². The summed E-state index contributed by atoms with van der Waals surface area (Å²) in [4.78, 5) is 12.4. The highest BCUT2D eigenvalue weighted by molar-refractivity contribution is 5.68. The number of hydrogen-bond acceptors (Lipinski definition) is 3.